The fraction of sp³-hybridized carbons (Fsp3) is 0.357. The number of piperidine rings is 1. The van der Waals surface area contributed by atoms with Gasteiger partial charge in [-0.1, -0.05) is 6.07 Å². The fourth-order valence-corrected chi connectivity index (χ4v) is 3.05. The standard InChI is InChI=1S/C14H12FNO4/c15-9-2-1-3-10(11(9)14(19)20)16-12(17)7-4-5-8(6-7)13(16)18/h1-3,7-8H,4-6H2,(H,19,20). The van der Waals surface area contributed by atoms with Crippen molar-refractivity contribution in [1.29, 1.82) is 0 Å². The Bertz CT molecular complexity index is 606. The maximum Gasteiger partial charge on any atom is 0.340 e. The maximum atomic E-state index is 13.7. The van der Waals surface area contributed by atoms with E-state index >= 15 is 0 Å². The molecule has 1 aromatic rings. The number of halogens is 1. The SMILES string of the molecule is O=C(O)c1c(F)cccc1N1C(=O)C2CCC(C2)C1=O. The topological polar surface area (TPSA) is 74.7 Å². The summed E-state index contributed by atoms with van der Waals surface area (Å²) in [5.41, 5.74) is -0.792. The summed E-state index contributed by atoms with van der Waals surface area (Å²) >= 11 is 0. The van der Waals surface area contributed by atoms with Crippen molar-refractivity contribution in [3.8, 4) is 0 Å². The first-order chi connectivity index (χ1) is 9.50. The lowest BCUT2D eigenvalue weighted by atomic mass is 9.95. The van der Waals surface area contributed by atoms with E-state index in [4.69, 9.17) is 5.11 Å². The molecule has 1 saturated heterocycles. The van der Waals surface area contributed by atoms with Gasteiger partial charge in [0.1, 0.15) is 11.4 Å². The molecule has 0 radical (unpaired) electrons. The van der Waals surface area contributed by atoms with E-state index < -0.39 is 29.2 Å². The summed E-state index contributed by atoms with van der Waals surface area (Å²) in [6.07, 6.45) is 1.78. The van der Waals surface area contributed by atoms with E-state index in [0.29, 0.717) is 19.3 Å². The predicted octanol–water partition coefficient (Wildman–Crippen LogP) is 1.81. The van der Waals surface area contributed by atoms with Crippen molar-refractivity contribution in [2.24, 2.45) is 11.8 Å². The molecule has 0 spiro atoms. The zero-order valence-electron chi connectivity index (χ0n) is 10.5. The molecule has 2 bridgehead atoms. The molecule has 5 nitrogen and oxygen atoms in total. The van der Waals surface area contributed by atoms with Crippen LogP contribution < -0.4 is 4.90 Å². The molecule has 1 aromatic carbocycles. The number of hydrogen-bond acceptors (Lipinski definition) is 3. The molecule has 1 N–H and O–H groups in total. The summed E-state index contributed by atoms with van der Waals surface area (Å²) in [4.78, 5) is 36.6. The molecule has 3 rings (SSSR count). The Morgan fingerprint density at radius 3 is 2.35 bits per heavy atom. The van der Waals surface area contributed by atoms with Crippen LogP contribution in [-0.2, 0) is 9.59 Å². The Morgan fingerprint density at radius 2 is 1.80 bits per heavy atom. The van der Waals surface area contributed by atoms with Crippen LogP contribution in [0.25, 0.3) is 0 Å². The first-order valence-electron chi connectivity index (χ1n) is 6.40. The number of nitrogens with zero attached hydrogens (tertiary/aromatic N) is 1. The van der Waals surface area contributed by atoms with E-state index in [2.05, 4.69) is 0 Å². The van der Waals surface area contributed by atoms with Crippen molar-refractivity contribution in [3.05, 3.63) is 29.6 Å². The van der Waals surface area contributed by atoms with Crippen molar-refractivity contribution < 1.29 is 23.9 Å². The molecule has 2 aliphatic rings. The molecule has 1 heterocycles. The van der Waals surface area contributed by atoms with Crippen molar-refractivity contribution in [3.63, 3.8) is 0 Å². The zero-order chi connectivity index (χ0) is 14.4. The van der Waals surface area contributed by atoms with Gasteiger partial charge in [0, 0.05) is 11.8 Å². The molecule has 104 valence electrons. The number of amides is 2. The van der Waals surface area contributed by atoms with Gasteiger partial charge in [-0.15, -0.1) is 0 Å². The molecular formula is C14H12FNO4. The van der Waals surface area contributed by atoms with Crippen LogP contribution in [0.3, 0.4) is 0 Å². The lowest BCUT2D eigenvalue weighted by Gasteiger charge is -2.30. The fourth-order valence-electron chi connectivity index (χ4n) is 3.05. The summed E-state index contributed by atoms with van der Waals surface area (Å²) in [6.45, 7) is 0. The average molecular weight is 277 g/mol. The molecule has 1 aliphatic heterocycles. The molecule has 1 aliphatic carbocycles. The molecule has 6 heteroatoms. The van der Waals surface area contributed by atoms with Crippen molar-refractivity contribution >= 4 is 23.5 Å². The summed E-state index contributed by atoms with van der Waals surface area (Å²) < 4.78 is 13.7. The number of benzene rings is 1. The number of carbonyl (C=O) groups is 3. The van der Waals surface area contributed by atoms with Gasteiger partial charge < -0.3 is 5.11 Å². The van der Waals surface area contributed by atoms with Crippen LogP contribution in [0.15, 0.2) is 18.2 Å². The third kappa shape index (κ3) is 1.71. The Balaban J connectivity index is 2.13. The summed E-state index contributed by atoms with van der Waals surface area (Å²) in [7, 11) is 0. The number of carboxylic acid groups (broad SMARTS) is 1. The van der Waals surface area contributed by atoms with Crippen LogP contribution in [0.5, 0.6) is 0 Å². The molecular weight excluding hydrogens is 265 g/mol. The molecule has 2 atom stereocenters. The van der Waals surface area contributed by atoms with Gasteiger partial charge in [-0.2, -0.15) is 0 Å². The van der Waals surface area contributed by atoms with Crippen LogP contribution in [0, 0.1) is 17.7 Å². The van der Waals surface area contributed by atoms with Crippen LogP contribution in [0.4, 0.5) is 10.1 Å². The Hall–Kier alpha value is -2.24. The highest BCUT2D eigenvalue weighted by atomic mass is 19.1. The largest absolute Gasteiger partial charge is 0.478 e. The first-order valence-corrected chi connectivity index (χ1v) is 6.40. The van der Waals surface area contributed by atoms with Gasteiger partial charge in [0.25, 0.3) is 0 Å². The molecule has 2 unspecified atom stereocenters. The minimum Gasteiger partial charge on any atom is -0.478 e. The maximum absolute atomic E-state index is 13.7. The van der Waals surface area contributed by atoms with E-state index in [1.54, 1.807) is 0 Å². The molecule has 1 saturated carbocycles. The van der Waals surface area contributed by atoms with Crippen molar-refractivity contribution in [2.45, 2.75) is 19.3 Å². The monoisotopic (exact) mass is 277 g/mol. The number of rotatable bonds is 2. The first kappa shape index (κ1) is 12.8. The second-order valence-electron chi connectivity index (χ2n) is 5.16. The van der Waals surface area contributed by atoms with Crippen LogP contribution in [-0.4, -0.2) is 22.9 Å². The van der Waals surface area contributed by atoms with Crippen molar-refractivity contribution in [1.82, 2.24) is 0 Å². The molecule has 20 heavy (non-hydrogen) atoms. The van der Waals surface area contributed by atoms with Crippen LogP contribution in [0.2, 0.25) is 0 Å². The average Bonchev–Trinajstić information content (AvgIpc) is 2.83. The Labute approximate surface area is 114 Å². The lowest BCUT2D eigenvalue weighted by Crippen LogP contribution is -2.47. The quantitative estimate of drug-likeness (QED) is 0.837. The second-order valence-corrected chi connectivity index (χ2v) is 5.16. The zero-order valence-corrected chi connectivity index (χ0v) is 10.5. The van der Waals surface area contributed by atoms with E-state index in [-0.39, 0.29) is 17.5 Å². The molecule has 2 fully saturated rings. The number of carboxylic acids is 1. The Morgan fingerprint density at radius 1 is 1.20 bits per heavy atom. The number of hydrogen-bond donors (Lipinski definition) is 1. The minimum absolute atomic E-state index is 0.163. The predicted molar refractivity (Wildman–Crippen MR) is 66.7 cm³/mol. The van der Waals surface area contributed by atoms with Crippen LogP contribution in [0.1, 0.15) is 29.6 Å². The number of fused-ring (bicyclic) bond motifs is 2. The van der Waals surface area contributed by atoms with Crippen LogP contribution >= 0.6 is 0 Å². The van der Waals surface area contributed by atoms with E-state index in [9.17, 15) is 18.8 Å². The third-order valence-corrected chi connectivity index (χ3v) is 4.02. The van der Waals surface area contributed by atoms with E-state index in [0.717, 1.165) is 11.0 Å². The normalized spacial score (nSPS) is 25.1. The highest BCUT2D eigenvalue weighted by molar-refractivity contribution is 6.20. The van der Waals surface area contributed by atoms with E-state index in [1.165, 1.54) is 12.1 Å². The number of anilines is 1. The van der Waals surface area contributed by atoms with E-state index in [1.807, 2.05) is 0 Å². The highest BCUT2D eigenvalue weighted by Crippen LogP contribution is 2.41. The van der Waals surface area contributed by atoms with Gasteiger partial charge in [-0.05, 0) is 31.4 Å². The lowest BCUT2D eigenvalue weighted by molar-refractivity contribution is -0.132. The number of imide groups is 1. The summed E-state index contributed by atoms with van der Waals surface area (Å²) in [6, 6.07) is 3.60. The second kappa shape index (κ2) is 4.40. The molecule has 2 amide bonds. The van der Waals surface area contributed by atoms with Gasteiger partial charge in [0.05, 0.1) is 5.69 Å². The van der Waals surface area contributed by atoms with Gasteiger partial charge in [0.2, 0.25) is 11.8 Å². The number of carbonyl (C=O) groups excluding carboxylic acids is 2. The molecule has 0 aromatic heterocycles. The van der Waals surface area contributed by atoms with Gasteiger partial charge in [-0.25, -0.2) is 14.1 Å². The summed E-state index contributed by atoms with van der Waals surface area (Å²) in [5, 5.41) is 9.11. The Kier molecular flexibility index (Phi) is 2.81. The van der Waals surface area contributed by atoms with Gasteiger partial charge >= 0.3 is 5.97 Å². The minimum atomic E-state index is -1.49. The van der Waals surface area contributed by atoms with Gasteiger partial charge in [0.15, 0.2) is 0 Å². The highest BCUT2D eigenvalue weighted by Gasteiger charge is 2.46. The van der Waals surface area contributed by atoms with Gasteiger partial charge in [-0.3, -0.25) is 9.59 Å². The van der Waals surface area contributed by atoms with Crippen molar-refractivity contribution in [2.75, 3.05) is 4.90 Å². The smallest absolute Gasteiger partial charge is 0.340 e. The summed E-state index contributed by atoms with van der Waals surface area (Å²) in [5.74, 6) is -3.80. The third-order valence-electron chi connectivity index (χ3n) is 4.02. The number of aromatic carboxylic acids is 1.